The molecule has 0 saturated carbocycles. The Balaban J connectivity index is 2.06. The maximum atomic E-state index is 12.0. The highest BCUT2D eigenvalue weighted by molar-refractivity contribution is 5.36. The van der Waals surface area contributed by atoms with Crippen molar-refractivity contribution in [1.29, 1.82) is 0 Å². The first-order valence-corrected chi connectivity index (χ1v) is 6.34. The predicted molar refractivity (Wildman–Crippen MR) is 71.8 cm³/mol. The van der Waals surface area contributed by atoms with Crippen molar-refractivity contribution in [2.45, 2.75) is 13.0 Å². The first-order valence-electron chi connectivity index (χ1n) is 6.34. The summed E-state index contributed by atoms with van der Waals surface area (Å²) in [7, 11) is 1.75. The van der Waals surface area contributed by atoms with Gasteiger partial charge in [0.15, 0.2) is 5.82 Å². The van der Waals surface area contributed by atoms with Gasteiger partial charge in [-0.1, -0.05) is 0 Å². The van der Waals surface area contributed by atoms with Crippen LogP contribution in [-0.2, 0) is 7.05 Å². The van der Waals surface area contributed by atoms with Crippen molar-refractivity contribution in [1.82, 2.24) is 14.5 Å². The fourth-order valence-corrected chi connectivity index (χ4v) is 2.23. The van der Waals surface area contributed by atoms with Gasteiger partial charge in [-0.15, -0.1) is 0 Å². The van der Waals surface area contributed by atoms with E-state index in [0.717, 1.165) is 26.2 Å². The highest BCUT2D eigenvalue weighted by atomic mass is 16.1. The van der Waals surface area contributed by atoms with Crippen LogP contribution in [0, 0.1) is 0 Å². The molecule has 1 atom stereocenters. The molecule has 1 aliphatic heterocycles. The van der Waals surface area contributed by atoms with Crippen LogP contribution in [0.1, 0.15) is 6.92 Å². The molecule has 1 unspecified atom stereocenters. The highest BCUT2D eigenvalue weighted by Crippen LogP contribution is 2.10. The monoisotopic (exact) mass is 251 g/mol. The molecule has 100 valence electrons. The van der Waals surface area contributed by atoms with Gasteiger partial charge in [0, 0.05) is 58.2 Å². The number of hydrogen-bond acceptors (Lipinski definition) is 5. The van der Waals surface area contributed by atoms with E-state index in [1.807, 2.05) is 0 Å². The standard InChI is InChI=1S/C12H21N5O/c1-10(9-13)16-5-7-17(8-6-16)11-12(18)15(2)4-3-14-11/h3-4,10H,5-9,13H2,1-2H3. The number of aryl methyl sites for hydroxylation is 1. The zero-order chi connectivity index (χ0) is 13.1. The van der Waals surface area contributed by atoms with Crippen LogP contribution in [0.2, 0.25) is 0 Å². The quantitative estimate of drug-likeness (QED) is 0.765. The zero-order valence-corrected chi connectivity index (χ0v) is 11.0. The molecule has 2 heterocycles. The third-order valence-electron chi connectivity index (χ3n) is 3.58. The van der Waals surface area contributed by atoms with E-state index in [1.54, 1.807) is 24.0 Å². The molecule has 1 aromatic heterocycles. The topological polar surface area (TPSA) is 67.4 Å². The molecular formula is C12H21N5O. The van der Waals surface area contributed by atoms with Crippen molar-refractivity contribution >= 4 is 5.82 Å². The maximum Gasteiger partial charge on any atom is 0.293 e. The summed E-state index contributed by atoms with van der Waals surface area (Å²) in [5, 5.41) is 0. The summed E-state index contributed by atoms with van der Waals surface area (Å²) in [5.74, 6) is 0.556. The van der Waals surface area contributed by atoms with E-state index in [0.29, 0.717) is 18.4 Å². The summed E-state index contributed by atoms with van der Waals surface area (Å²) in [5.41, 5.74) is 5.64. The second-order valence-electron chi connectivity index (χ2n) is 4.77. The summed E-state index contributed by atoms with van der Waals surface area (Å²) in [6.45, 7) is 6.32. The average Bonchev–Trinajstić information content (AvgIpc) is 2.41. The largest absolute Gasteiger partial charge is 0.349 e. The summed E-state index contributed by atoms with van der Waals surface area (Å²) >= 11 is 0. The van der Waals surface area contributed by atoms with Gasteiger partial charge in [0.1, 0.15) is 0 Å². The van der Waals surface area contributed by atoms with Gasteiger partial charge in [0.05, 0.1) is 0 Å². The number of piperazine rings is 1. The molecular weight excluding hydrogens is 230 g/mol. The minimum Gasteiger partial charge on any atom is -0.349 e. The molecule has 1 aliphatic rings. The Hall–Kier alpha value is -1.40. The van der Waals surface area contributed by atoms with Gasteiger partial charge < -0.3 is 15.2 Å². The first-order chi connectivity index (χ1) is 8.63. The number of nitrogens with two attached hydrogens (primary N) is 1. The third-order valence-corrected chi connectivity index (χ3v) is 3.58. The SMILES string of the molecule is CC(CN)N1CCN(c2nccn(C)c2=O)CC1. The van der Waals surface area contributed by atoms with Crippen molar-refractivity contribution in [3.8, 4) is 0 Å². The van der Waals surface area contributed by atoms with Crippen LogP contribution >= 0.6 is 0 Å². The van der Waals surface area contributed by atoms with Crippen LogP contribution in [0.25, 0.3) is 0 Å². The van der Waals surface area contributed by atoms with E-state index in [9.17, 15) is 4.79 Å². The van der Waals surface area contributed by atoms with Gasteiger partial charge in [0.25, 0.3) is 5.56 Å². The molecule has 0 bridgehead atoms. The maximum absolute atomic E-state index is 12.0. The Morgan fingerprint density at radius 1 is 1.39 bits per heavy atom. The first kappa shape index (κ1) is 13.0. The number of hydrogen-bond donors (Lipinski definition) is 1. The Morgan fingerprint density at radius 2 is 2.06 bits per heavy atom. The fraction of sp³-hybridized carbons (Fsp3) is 0.667. The van der Waals surface area contributed by atoms with Crippen LogP contribution in [0.5, 0.6) is 0 Å². The number of rotatable bonds is 3. The lowest BCUT2D eigenvalue weighted by molar-refractivity contribution is 0.201. The zero-order valence-electron chi connectivity index (χ0n) is 11.0. The minimum atomic E-state index is -0.0298. The fourth-order valence-electron chi connectivity index (χ4n) is 2.23. The average molecular weight is 251 g/mol. The van der Waals surface area contributed by atoms with Gasteiger partial charge in [-0.2, -0.15) is 0 Å². The van der Waals surface area contributed by atoms with Gasteiger partial charge in [0.2, 0.25) is 0 Å². The Morgan fingerprint density at radius 3 is 2.67 bits per heavy atom. The predicted octanol–water partition coefficient (Wildman–Crippen LogP) is -0.750. The van der Waals surface area contributed by atoms with Crippen LogP contribution < -0.4 is 16.2 Å². The number of anilines is 1. The van der Waals surface area contributed by atoms with Crippen molar-refractivity contribution in [2.24, 2.45) is 12.8 Å². The molecule has 0 aromatic carbocycles. The smallest absolute Gasteiger partial charge is 0.293 e. The van der Waals surface area contributed by atoms with Gasteiger partial charge in [-0.25, -0.2) is 4.98 Å². The molecule has 2 rings (SSSR count). The molecule has 1 fully saturated rings. The van der Waals surface area contributed by atoms with Crippen LogP contribution in [0.15, 0.2) is 17.2 Å². The van der Waals surface area contributed by atoms with Crippen LogP contribution in [-0.4, -0.2) is 53.2 Å². The van der Waals surface area contributed by atoms with Gasteiger partial charge in [-0.05, 0) is 6.92 Å². The molecule has 0 amide bonds. The van der Waals surface area contributed by atoms with Gasteiger partial charge in [-0.3, -0.25) is 9.69 Å². The second-order valence-corrected chi connectivity index (χ2v) is 4.77. The van der Waals surface area contributed by atoms with Crippen molar-refractivity contribution < 1.29 is 0 Å². The summed E-state index contributed by atoms with van der Waals surface area (Å²) in [6.07, 6.45) is 3.35. The summed E-state index contributed by atoms with van der Waals surface area (Å²) in [6, 6.07) is 0.402. The molecule has 1 aromatic rings. The molecule has 2 N–H and O–H groups in total. The minimum absolute atomic E-state index is 0.0298. The van der Waals surface area contributed by atoms with E-state index < -0.39 is 0 Å². The van der Waals surface area contributed by atoms with Crippen LogP contribution in [0.3, 0.4) is 0 Å². The van der Waals surface area contributed by atoms with Crippen LogP contribution in [0.4, 0.5) is 5.82 Å². The second kappa shape index (κ2) is 5.49. The Labute approximate surface area is 107 Å². The molecule has 0 radical (unpaired) electrons. The molecule has 6 nitrogen and oxygen atoms in total. The van der Waals surface area contributed by atoms with Gasteiger partial charge >= 0.3 is 0 Å². The molecule has 6 heteroatoms. The van der Waals surface area contributed by atoms with Crippen molar-refractivity contribution in [2.75, 3.05) is 37.6 Å². The Bertz CT molecular complexity index is 450. The lowest BCUT2D eigenvalue weighted by Gasteiger charge is -2.37. The lowest BCUT2D eigenvalue weighted by atomic mass is 10.2. The van der Waals surface area contributed by atoms with E-state index in [2.05, 4.69) is 21.7 Å². The molecule has 0 aliphatic carbocycles. The van der Waals surface area contributed by atoms with E-state index in [4.69, 9.17) is 5.73 Å². The number of aromatic nitrogens is 2. The van der Waals surface area contributed by atoms with Crippen molar-refractivity contribution in [3.63, 3.8) is 0 Å². The third kappa shape index (κ3) is 2.54. The normalized spacial score (nSPS) is 18.9. The number of nitrogens with zero attached hydrogens (tertiary/aromatic N) is 4. The highest BCUT2D eigenvalue weighted by Gasteiger charge is 2.22. The van der Waals surface area contributed by atoms with E-state index in [1.165, 1.54) is 0 Å². The van der Waals surface area contributed by atoms with E-state index in [-0.39, 0.29) is 5.56 Å². The molecule has 0 spiro atoms. The summed E-state index contributed by atoms with van der Waals surface area (Å²) < 4.78 is 1.57. The van der Waals surface area contributed by atoms with Crippen molar-refractivity contribution in [3.05, 3.63) is 22.7 Å². The molecule has 1 saturated heterocycles. The summed E-state index contributed by atoms with van der Waals surface area (Å²) in [4.78, 5) is 20.6. The van der Waals surface area contributed by atoms with E-state index >= 15 is 0 Å². The lowest BCUT2D eigenvalue weighted by Crippen LogP contribution is -2.52. The Kier molecular flexibility index (Phi) is 3.98. The molecule has 18 heavy (non-hydrogen) atoms.